The summed E-state index contributed by atoms with van der Waals surface area (Å²) in [7, 11) is 0. The third-order valence-electron chi connectivity index (χ3n) is 1.16. The summed E-state index contributed by atoms with van der Waals surface area (Å²) in [6, 6.07) is 3.75. The van der Waals surface area contributed by atoms with E-state index in [1.165, 1.54) is 0 Å². The van der Waals surface area contributed by atoms with Gasteiger partial charge in [-0.1, -0.05) is 5.92 Å². The fourth-order valence-corrected chi connectivity index (χ4v) is 1.04. The van der Waals surface area contributed by atoms with Crippen LogP contribution in [0.15, 0.2) is 21.2 Å². The molecule has 1 heterocycles. The fourth-order valence-electron chi connectivity index (χ4n) is 0.705. The lowest BCUT2D eigenvalue weighted by atomic mass is 10.4. The molecule has 1 aromatic rings. The molecule has 0 aromatic carbocycles. The lowest BCUT2D eigenvalue weighted by Gasteiger charge is -1.94. The van der Waals surface area contributed by atoms with Gasteiger partial charge in [-0.3, -0.25) is 5.32 Å². The molecule has 0 unspecified atom stereocenters. The molecular weight excluding hydrogens is 206 g/mol. The molecule has 0 radical (unpaired) electrons. The summed E-state index contributed by atoms with van der Waals surface area (Å²) < 4.78 is 5.96. The zero-order valence-corrected chi connectivity index (χ0v) is 7.52. The third kappa shape index (κ3) is 2.79. The molecule has 1 rings (SSSR count). The van der Waals surface area contributed by atoms with Crippen LogP contribution in [0.1, 0.15) is 5.76 Å². The van der Waals surface area contributed by atoms with Gasteiger partial charge in [0.05, 0.1) is 13.1 Å². The Hall–Kier alpha value is -0.720. The van der Waals surface area contributed by atoms with Crippen LogP contribution in [0.2, 0.25) is 0 Å². The SMILES string of the molecule is C#CCNCc1ccc(Br)o1. The molecule has 0 aliphatic rings. The van der Waals surface area contributed by atoms with Crippen LogP contribution < -0.4 is 5.32 Å². The number of halogens is 1. The van der Waals surface area contributed by atoms with E-state index in [9.17, 15) is 0 Å². The molecule has 1 aromatic heterocycles. The summed E-state index contributed by atoms with van der Waals surface area (Å²) in [5.74, 6) is 3.36. The van der Waals surface area contributed by atoms with Crippen molar-refractivity contribution >= 4 is 15.9 Å². The van der Waals surface area contributed by atoms with Gasteiger partial charge in [0.1, 0.15) is 5.76 Å². The van der Waals surface area contributed by atoms with Gasteiger partial charge in [0.2, 0.25) is 0 Å². The Labute approximate surface area is 74.1 Å². The Morgan fingerprint density at radius 1 is 1.64 bits per heavy atom. The maximum absolute atomic E-state index is 5.22. The second-order valence-corrected chi connectivity index (χ2v) is 2.80. The maximum Gasteiger partial charge on any atom is 0.169 e. The minimum absolute atomic E-state index is 0.568. The highest BCUT2D eigenvalue weighted by atomic mass is 79.9. The molecule has 0 saturated heterocycles. The molecule has 0 fully saturated rings. The van der Waals surface area contributed by atoms with Gasteiger partial charge in [-0.15, -0.1) is 6.42 Å². The molecule has 0 bridgehead atoms. The second kappa shape index (κ2) is 4.22. The summed E-state index contributed by atoms with van der Waals surface area (Å²) >= 11 is 3.21. The summed E-state index contributed by atoms with van der Waals surface area (Å²) in [4.78, 5) is 0. The lowest BCUT2D eigenvalue weighted by molar-refractivity contribution is 0.472. The first-order chi connectivity index (χ1) is 5.33. The smallest absolute Gasteiger partial charge is 0.169 e. The van der Waals surface area contributed by atoms with Crippen LogP contribution >= 0.6 is 15.9 Å². The van der Waals surface area contributed by atoms with Crippen LogP contribution in [-0.2, 0) is 6.54 Å². The van der Waals surface area contributed by atoms with E-state index in [-0.39, 0.29) is 0 Å². The molecule has 0 spiro atoms. The highest BCUT2D eigenvalue weighted by molar-refractivity contribution is 9.10. The first-order valence-electron chi connectivity index (χ1n) is 3.21. The normalized spacial score (nSPS) is 9.45. The zero-order chi connectivity index (χ0) is 8.10. The van der Waals surface area contributed by atoms with Crippen LogP contribution in [0.25, 0.3) is 0 Å². The van der Waals surface area contributed by atoms with Gasteiger partial charge in [0, 0.05) is 0 Å². The Balaban J connectivity index is 2.34. The molecule has 2 nitrogen and oxygen atoms in total. The minimum atomic E-state index is 0.568. The predicted molar refractivity (Wildman–Crippen MR) is 46.9 cm³/mol. The van der Waals surface area contributed by atoms with Crippen LogP contribution in [0, 0.1) is 12.3 Å². The molecule has 58 valence electrons. The van der Waals surface area contributed by atoms with Gasteiger partial charge in [0.15, 0.2) is 4.67 Å². The van der Waals surface area contributed by atoms with E-state index in [2.05, 4.69) is 27.2 Å². The third-order valence-corrected chi connectivity index (χ3v) is 1.58. The molecule has 3 heteroatoms. The fraction of sp³-hybridized carbons (Fsp3) is 0.250. The van der Waals surface area contributed by atoms with Crippen molar-refractivity contribution in [3.63, 3.8) is 0 Å². The van der Waals surface area contributed by atoms with Crippen molar-refractivity contribution in [3.8, 4) is 12.3 Å². The van der Waals surface area contributed by atoms with E-state index in [0.29, 0.717) is 13.1 Å². The van der Waals surface area contributed by atoms with Gasteiger partial charge >= 0.3 is 0 Å². The summed E-state index contributed by atoms with van der Waals surface area (Å²) in [6.45, 7) is 1.24. The minimum Gasteiger partial charge on any atom is -0.453 e. The van der Waals surface area contributed by atoms with E-state index >= 15 is 0 Å². The van der Waals surface area contributed by atoms with Crippen molar-refractivity contribution in [1.29, 1.82) is 0 Å². The summed E-state index contributed by atoms with van der Waals surface area (Å²) in [6.07, 6.45) is 5.05. The van der Waals surface area contributed by atoms with E-state index in [1.807, 2.05) is 12.1 Å². The van der Waals surface area contributed by atoms with E-state index in [1.54, 1.807) is 0 Å². The number of furan rings is 1. The molecular formula is C8H8BrNO. The summed E-state index contributed by atoms with van der Waals surface area (Å²) in [5, 5.41) is 3.01. The van der Waals surface area contributed by atoms with Crippen molar-refractivity contribution in [2.24, 2.45) is 0 Å². The van der Waals surface area contributed by atoms with E-state index in [0.717, 1.165) is 10.4 Å². The quantitative estimate of drug-likeness (QED) is 0.612. The summed E-state index contributed by atoms with van der Waals surface area (Å²) in [5.41, 5.74) is 0. The topological polar surface area (TPSA) is 25.2 Å². The van der Waals surface area contributed by atoms with Gasteiger partial charge in [-0.2, -0.15) is 0 Å². The van der Waals surface area contributed by atoms with Gasteiger partial charge in [0.25, 0.3) is 0 Å². The molecule has 0 atom stereocenters. The van der Waals surface area contributed by atoms with Gasteiger partial charge in [-0.25, -0.2) is 0 Å². The number of terminal acetylenes is 1. The van der Waals surface area contributed by atoms with Crippen LogP contribution in [0.4, 0.5) is 0 Å². The van der Waals surface area contributed by atoms with Gasteiger partial charge in [-0.05, 0) is 28.1 Å². The predicted octanol–water partition coefficient (Wildman–Crippen LogP) is 1.76. The monoisotopic (exact) mass is 213 g/mol. The average molecular weight is 214 g/mol. The molecule has 0 saturated carbocycles. The van der Waals surface area contributed by atoms with Crippen LogP contribution in [0.5, 0.6) is 0 Å². The van der Waals surface area contributed by atoms with Crippen LogP contribution in [0.3, 0.4) is 0 Å². The first-order valence-corrected chi connectivity index (χ1v) is 4.00. The highest BCUT2D eigenvalue weighted by Gasteiger charge is 1.96. The zero-order valence-electron chi connectivity index (χ0n) is 5.93. The molecule has 0 aliphatic carbocycles. The van der Waals surface area contributed by atoms with Crippen molar-refractivity contribution < 1.29 is 4.42 Å². The molecule has 11 heavy (non-hydrogen) atoms. The van der Waals surface area contributed by atoms with Gasteiger partial charge < -0.3 is 4.42 Å². The Bertz CT molecular complexity index is 261. The maximum atomic E-state index is 5.22. The number of hydrogen-bond acceptors (Lipinski definition) is 2. The van der Waals surface area contributed by atoms with Crippen molar-refractivity contribution in [3.05, 3.63) is 22.6 Å². The Kier molecular flexibility index (Phi) is 3.21. The molecule has 0 aliphatic heterocycles. The lowest BCUT2D eigenvalue weighted by Crippen LogP contribution is -2.12. The number of hydrogen-bond donors (Lipinski definition) is 1. The molecule has 1 N–H and O–H groups in total. The Morgan fingerprint density at radius 2 is 2.45 bits per heavy atom. The number of rotatable bonds is 3. The van der Waals surface area contributed by atoms with Crippen molar-refractivity contribution in [2.75, 3.05) is 6.54 Å². The van der Waals surface area contributed by atoms with E-state index < -0.39 is 0 Å². The number of nitrogens with one attached hydrogen (secondary N) is 1. The average Bonchev–Trinajstić information content (AvgIpc) is 2.37. The van der Waals surface area contributed by atoms with Crippen molar-refractivity contribution in [1.82, 2.24) is 5.32 Å². The largest absolute Gasteiger partial charge is 0.453 e. The second-order valence-electron chi connectivity index (χ2n) is 2.01. The highest BCUT2D eigenvalue weighted by Crippen LogP contribution is 2.13. The van der Waals surface area contributed by atoms with Crippen LogP contribution in [-0.4, -0.2) is 6.54 Å². The Morgan fingerprint density at radius 3 is 3.00 bits per heavy atom. The standard InChI is InChI=1S/C8H8BrNO/c1-2-5-10-6-7-3-4-8(9)11-7/h1,3-4,10H,5-6H2. The molecule has 0 amide bonds. The first kappa shape index (κ1) is 8.38. The van der Waals surface area contributed by atoms with E-state index in [4.69, 9.17) is 10.8 Å². The van der Waals surface area contributed by atoms with Crippen molar-refractivity contribution in [2.45, 2.75) is 6.54 Å².